The molecule has 0 atom stereocenters. The number of sulfone groups is 1. The number of hydrogen-bond acceptors (Lipinski definition) is 10. The molecule has 1 saturated heterocycles. The Labute approximate surface area is 215 Å². The van der Waals surface area contributed by atoms with Gasteiger partial charge in [0.15, 0.2) is 14.6 Å². The number of nitrogens with zero attached hydrogens (tertiary/aromatic N) is 4. The van der Waals surface area contributed by atoms with E-state index in [1.165, 1.54) is 41.0 Å². The van der Waals surface area contributed by atoms with Gasteiger partial charge in [0.25, 0.3) is 11.6 Å². The van der Waals surface area contributed by atoms with E-state index in [1.54, 1.807) is 6.92 Å². The summed E-state index contributed by atoms with van der Waals surface area (Å²) in [5.41, 5.74) is 0.653. The summed E-state index contributed by atoms with van der Waals surface area (Å²) >= 11 is 1.02. The van der Waals surface area contributed by atoms with Crippen LogP contribution < -0.4 is 9.70 Å². The number of hydrogen-bond donors (Lipinski definition) is 0. The number of ether oxygens (including phenoxy) is 2. The van der Waals surface area contributed by atoms with Gasteiger partial charge >= 0.3 is 5.97 Å². The minimum absolute atomic E-state index is 0.000625. The van der Waals surface area contributed by atoms with E-state index in [2.05, 4.69) is 4.99 Å². The number of amides is 1. The lowest BCUT2D eigenvalue weighted by Gasteiger charge is -2.28. The van der Waals surface area contributed by atoms with Crippen LogP contribution in [0.5, 0.6) is 0 Å². The van der Waals surface area contributed by atoms with E-state index in [0.717, 1.165) is 17.6 Å². The van der Waals surface area contributed by atoms with Crippen LogP contribution in [0.1, 0.15) is 17.3 Å². The molecular weight excluding hydrogens is 524 g/mol. The lowest BCUT2D eigenvalue weighted by molar-refractivity contribution is -0.384. The molecular formula is C23H24N4O8S2. The fourth-order valence-electron chi connectivity index (χ4n) is 3.88. The summed E-state index contributed by atoms with van der Waals surface area (Å²) in [6.45, 7) is 3.43. The molecule has 2 aromatic carbocycles. The Hall–Kier alpha value is -3.62. The fourth-order valence-corrected chi connectivity index (χ4v) is 5.67. The second kappa shape index (κ2) is 10.8. The van der Waals surface area contributed by atoms with Gasteiger partial charge in [0.2, 0.25) is 0 Å². The molecule has 3 aromatic rings. The summed E-state index contributed by atoms with van der Waals surface area (Å²) in [7, 11) is -3.49. The average molecular weight is 549 g/mol. The minimum Gasteiger partial charge on any atom is -0.465 e. The molecule has 0 unspecified atom stereocenters. The maximum absolute atomic E-state index is 13.1. The van der Waals surface area contributed by atoms with Crippen LogP contribution in [0.2, 0.25) is 0 Å². The molecule has 1 fully saturated rings. The first kappa shape index (κ1) is 26.4. The van der Waals surface area contributed by atoms with Crippen molar-refractivity contribution in [2.24, 2.45) is 4.99 Å². The Morgan fingerprint density at radius 3 is 2.57 bits per heavy atom. The number of anilines is 1. The number of carbonyl (C=O) groups is 2. The monoisotopic (exact) mass is 548 g/mol. The lowest BCUT2D eigenvalue weighted by Crippen LogP contribution is -2.36. The van der Waals surface area contributed by atoms with Gasteiger partial charge in [-0.05, 0) is 37.3 Å². The SMILES string of the molecule is CCOC(=O)Cn1c(=NC(=O)c2ccc(N3CCOCC3)c([N+](=O)[O-])c2)sc2cc(S(C)(=O)=O)ccc21. The molecule has 0 saturated carbocycles. The van der Waals surface area contributed by atoms with E-state index >= 15 is 0 Å². The van der Waals surface area contributed by atoms with Crippen LogP contribution in [0.15, 0.2) is 46.3 Å². The molecule has 1 aliphatic rings. The summed E-state index contributed by atoms with van der Waals surface area (Å²) in [6, 6.07) is 8.55. The number of morpholine rings is 1. The third-order valence-electron chi connectivity index (χ3n) is 5.64. The summed E-state index contributed by atoms with van der Waals surface area (Å²) < 4.78 is 36.3. The van der Waals surface area contributed by atoms with Crippen molar-refractivity contribution in [3.63, 3.8) is 0 Å². The molecule has 1 aromatic heterocycles. The van der Waals surface area contributed by atoms with Gasteiger partial charge in [-0.25, -0.2) is 8.42 Å². The second-order valence-electron chi connectivity index (χ2n) is 8.15. The standard InChI is InChI=1S/C23H24N4O8S2/c1-3-35-21(28)14-26-18-7-5-16(37(2,32)33)13-20(18)36-23(26)24-22(29)15-4-6-17(19(12-15)27(30)31)25-8-10-34-11-9-25/h4-7,12-13H,3,8-11,14H2,1-2H3. The number of benzene rings is 2. The first-order valence-corrected chi connectivity index (χ1v) is 14.0. The average Bonchev–Trinajstić information content (AvgIpc) is 3.19. The van der Waals surface area contributed by atoms with Gasteiger partial charge in [-0.2, -0.15) is 4.99 Å². The molecule has 37 heavy (non-hydrogen) atoms. The van der Waals surface area contributed by atoms with Gasteiger partial charge in [-0.15, -0.1) is 0 Å². The van der Waals surface area contributed by atoms with Crippen LogP contribution in [-0.4, -0.2) is 69.0 Å². The minimum atomic E-state index is -3.49. The van der Waals surface area contributed by atoms with Gasteiger partial charge < -0.3 is 18.9 Å². The Morgan fingerprint density at radius 2 is 1.92 bits per heavy atom. The molecule has 0 N–H and O–H groups in total. The summed E-state index contributed by atoms with van der Waals surface area (Å²) in [4.78, 5) is 42.7. The summed E-state index contributed by atoms with van der Waals surface area (Å²) in [5, 5.41) is 11.8. The highest BCUT2D eigenvalue weighted by atomic mass is 32.2. The van der Waals surface area contributed by atoms with E-state index in [4.69, 9.17) is 9.47 Å². The highest BCUT2D eigenvalue weighted by Gasteiger charge is 2.24. The first-order chi connectivity index (χ1) is 17.6. The number of nitro benzene ring substituents is 1. The molecule has 0 spiro atoms. The highest BCUT2D eigenvalue weighted by Crippen LogP contribution is 2.30. The molecule has 0 bridgehead atoms. The molecule has 2 heterocycles. The number of rotatable bonds is 7. The van der Waals surface area contributed by atoms with Crippen molar-refractivity contribution in [3.8, 4) is 0 Å². The molecule has 0 radical (unpaired) electrons. The summed E-state index contributed by atoms with van der Waals surface area (Å²) in [6.07, 6.45) is 1.08. The zero-order valence-electron chi connectivity index (χ0n) is 20.1. The predicted octanol–water partition coefficient (Wildman–Crippen LogP) is 2.16. The molecule has 196 valence electrons. The number of thiazole rings is 1. The van der Waals surface area contributed by atoms with Crippen LogP contribution in [0.25, 0.3) is 10.2 Å². The van der Waals surface area contributed by atoms with Gasteiger partial charge in [0.1, 0.15) is 12.2 Å². The van der Waals surface area contributed by atoms with Crippen molar-refractivity contribution in [1.29, 1.82) is 0 Å². The van der Waals surface area contributed by atoms with Gasteiger partial charge in [0, 0.05) is 31.0 Å². The molecule has 1 aliphatic heterocycles. The zero-order valence-corrected chi connectivity index (χ0v) is 21.7. The van der Waals surface area contributed by atoms with Crippen LogP contribution in [0.3, 0.4) is 0 Å². The largest absolute Gasteiger partial charge is 0.465 e. The Bertz CT molecular complexity index is 1550. The number of carbonyl (C=O) groups excluding carboxylic acids is 2. The van der Waals surface area contributed by atoms with Crippen LogP contribution >= 0.6 is 11.3 Å². The third-order valence-corrected chi connectivity index (χ3v) is 7.79. The number of esters is 1. The van der Waals surface area contributed by atoms with E-state index < -0.39 is 26.6 Å². The molecule has 14 heteroatoms. The first-order valence-electron chi connectivity index (χ1n) is 11.3. The predicted molar refractivity (Wildman–Crippen MR) is 136 cm³/mol. The Morgan fingerprint density at radius 1 is 1.19 bits per heavy atom. The van der Waals surface area contributed by atoms with Crippen LogP contribution in [0.4, 0.5) is 11.4 Å². The van der Waals surface area contributed by atoms with Gasteiger partial charge in [-0.1, -0.05) is 11.3 Å². The molecule has 4 rings (SSSR count). The Balaban J connectivity index is 1.79. The van der Waals surface area contributed by atoms with Crippen LogP contribution in [0, 0.1) is 10.1 Å². The van der Waals surface area contributed by atoms with E-state index in [1.807, 2.05) is 4.90 Å². The zero-order chi connectivity index (χ0) is 26.7. The van der Waals surface area contributed by atoms with Crippen molar-refractivity contribution in [2.75, 3.05) is 44.1 Å². The summed E-state index contributed by atoms with van der Waals surface area (Å²) in [5.74, 6) is -1.31. The molecule has 1 amide bonds. The number of fused-ring (bicyclic) bond motifs is 1. The Kier molecular flexibility index (Phi) is 7.71. The quantitative estimate of drug-likeness (QED) is 0.246. The van der Waals surface area contributed by atoms with E-state index in [9.17, 15) is 28.1 Å². The third kappa shape index (κ3) is 5.87. The lowest BCUT2D eigenvalue weighted by atomic mass is 10.1. The van der Waals surface area contributed by atoms with Crippen LogP contribution in [-0.2, 0) is 30.7 Å². The van der Waals surface area contributed by atoms with Gasteiger partial charge in [-0.3, -0.25) is 19.7 Å². The molecule has 0 aliphatic carbocycles. The van der Waals surface area contributed by atoms with Crippen molar-refractivity contribution >= 4 is 54.6 Å². The maximum atomic E-state index is 13.1. The topological polar surface area (TPSA) is 150 Å². The van der Waals surface area contributed by atoms with Crippen molar-refractivity contribution in [1.82, 2.24) is 4.57 Å². The normalized spacial score (nSPS) is 14.6. The number of nitro groups is 1. The highest BCUT2D eigenvalue weighted by molar-refractivity contribution is 7.90. The fraction of sp³-hybridized carbons (Fsp3) is 0.348. The van der Waals surface area contributed by atoms with E-state index in [-0.39, 0.29) is 34.1 Å². The van der Waals surface area contributed by atoms with E-state index in [0.29, 0.717) is 42.2 Å². The van der Waals surface area contributed by atoms with Gasteiger partial charge in [0.05, 0.1) is 39.9 Å². The molecule has 12 nitrogen and oxygen atoms in total. The van der Waals surface area contributed by atoms with Crippen molar-refractivity contribution in [2.45, 2.75) is 18.4 Å². The smallest absolute Gasteiger partial charge is 0.326 e. The maximum Gasteiger partial charge on any atom is 0.326 e. The van der Waals surface area contributed by atoms with Crippen molar-refractivity contribution in [3.05, 3.63) is 56.9 Å². The van der Waals surface area contributed by atoms with Crippen molar-refractivity contribution < 1.29 is 32.4 Å². The number of aromatic nitrogens is 1. The second-order valence-corrected chi connectivity index (χ2v) is 11.2.